The van der Waals surface area contributed by atoms with Crippen molar-refractivity contribution >= 4 is 23.5 Å². The molecule has 1 aromatic heterocycles. The molecular formula is C18H19N3O4. The number of methoxy groups -OCH3 is 1. The third-order valence-electron chi connectivity index (χ3n) is 3.35. The first-order valence-corrected chi connectivity index (χ1v) is 7.79. The number of carbonyl (C=O) groups is 3. The van der Waals surface area contributed by atoms with E-state index in [-0.39, 0.29) is 17.5 Å². The van der Waals surface area contributed by atoms with Gasteiger partial charge in [0.25, 0.3) is 11.8 Å². The number of hydrogen-bond donors (Lipinski definition) is 2. The Hall–Kier alpha value is -3.22. The highest BCUT2D eigenvalue weighted by molar-refractivity contribution is 6.05. The third kappa shape index (κ3) is 4.87. The topological polar surface area (TPSA) is 97.4 Å². The summed E-state index contributed by atoms with van der Waals surface area (Å²) in [5.74, 6) is -1.15. The van der Waals surface area contributed by atoms with Crippen molar-refractivity contribution in [2.24, 2.45) is 0 Å². The molecule has 0 unspecified atom stereocenters. The minimum atomic E-state index is -0.449. The van der Waals surface area contributed by atoms with Crippen molar-refractivity contribution in [3.8, 4) is 0 Å². The summed E-state index contributed by atoms with van der Waals surface area (Å²) in [4.78, 5) is 39.6. The lowest BCUT2D eigenvalue weighted by Crippen LogP contribution is -2.25. The van der Waals surface area contributed by atoms with Crippen LogP contribution < -0.4 is 10.6 Å². The van der Waals surface area contributed by atoms with Crippen LogP contribution in [0.3, 0.4) is 0 Å². The first-order chi connectivity index (χ1) is 12.0. The van der Waals surface area contributed by atoms with E-state index in [1.54, 1.807) is 24.3 Å². The van der Waals surface area contributed by atoms with Crippen LogP contribution in [0, 0.1) is 0 Å². The molecule has 7 nitrogen and oxygen atoms in total. The summed E-state index contributed by atoms with van der Waals surface area (Å²) < 4.78 is 4.62. The maximum absolute atomic E-state index is 12.3. The fourth-order valence-corrected chi connectivity index (χ4v) is 2.04. The number of rotatable bonds is 6. The summed E-state index contributed by atoms with van der Waals surface area (Å²) >= 11 is 0. The second-order valence-electron chi connectivity index (χ2n) is 5.21. The van der Waals surface area contributed by atoms with Crippen LogP contribution in [0.1, 0.15) is 44.5 Å². The van der Waals surface area contributed by atoms with Crippen molar-refractivity contribution in [1.82, 2.24) is 10.3 Å². The van der Waals surface area contributed by atoms with Gasteiger partial charge in [-0.15, -0.1) is 0 Å². The second kappa shape index (κ2) is 8.58. The Labute approximate surface area is 145 Å². The molecule has 0 aliphatic carbocycles. The number of anilines is 1. The lowest BCUT2D eigenvalue weighted by Gasteiger charge is -2.07. The van der Waals surface area contributed by atoms with Crippen LogP contribution in [0.4, 0.5) is 5.69 Å². The lowest BCUT2D eigenvalue weighted by molar-refractivity contribution is 0.0600. The van der Waals surface area contributed by atoms with Gasteiger partial charge >= 0.3 is 5.97 Å². The van der Waals surface area contributed by atoms with Gasteiger partial charge in [0.1, 0.15) is 5.69 Å². The van der Waals surface area contributed by atoms with Crippen molar-refractivity contribution in [2.75, 3.05) is 19.0 Å². The van der Waals surface area contributed by atoms with Crippen molar-refractivity contribution in [1.29, 1.82) is 0 Å². The molecule has 2 rings (SSSR count). The predicted octanol–water partition coefficient (Wildman–Crippen LogP) is 2.26. The first-order valence-electron chi connectivity index (χ1n) is 7.79. The smallest absolute Gasteiger partial charge is 0.337 e. The van der Waals surface area contributed by atoms with Crippen LogP contribution in [0.2, 0.25) is 0 Å². The molecule has 0 aliphatic heterocycles. The minimum Gasteiger partial charge on any atom is -0.465 e. The largest absolute Gasteiger partial charge is 0.465 e. The Balaban J connectivity index is 2.08. The first kappa shape index (κ1) is 18.1. The van der Waals surface area contributed by atoms with Crippen LogP contribution in [0.25, 0.3) is 0 Å². The van der Waals surface area contributed by atoms with E-state index >= 15 is 0 Å². The van der Waals surface area contributed by atoms with Crippen LogP contribution in [-0.2, 0) is 4.74 Å². The summed E-state index contributed by atoms with van der Waals surface area (Å²) in [5.41, 5.74) is 1.40. The maximum atomic E-state index is 12.3. The second-order valence-corrected chi connectivity index (χ2v) is 5.21. The van der Waals surface area contributed by atoms with Crippen molar-refractivity contribution in [2.45, 2.75) is 13.3 Å². The quantitative estimate of drug-likeness (QED) is 0.786. The van der Waals surface area contributed by atoms with E-state index in [1.807, 2.05) is 6.92 Å². The number of ether oxygens (including phenoxy) is 1. The predicted molar refractivity (Wildman–Crippen MR) is 92.6 cm³/mol. The molecule has 0 fully saturated rings. The fraction of sp³-hybridized carbons (Fsp3) is 0.222. The minimum absolute atomic E-state index is 0.183. The Bertz CT molecular complexity index is 772. The summed E-state index contributed by atoms with van der Waals surface area (Å²) in [6.07, 6.45) is 2.23. The number of aromatic nitrogens is 1. The summed E-state index contributed by atoms with van der Waals surface area (Å²) in [7, 11) is 1.30. The number of esters is 1. The Morgan fingerprint density at radius 2 is 1.76 bits per heavy atom. The number of carbonyl (C=O) groups excluding carboxylic acids is 3. The Morgan fingerprint density at radius 1 is 1.04 bits per heavy atom. The Kier molecular flexibility index (Phi) is 6.22. The zero-order valence-electron chi connectivity index (χ0n) is 14.0. The molecule has 7 heteroatoms. The van der Waals surface area contributed by atoms with Gasteiger partial charge in [-0.25, -0.2) is 4.79 Å². The number of benzene rings is 1. The van der Waals surface area contributed by atoms with E-state index in [4.69, 9.17) is 0 Å². The van der Waals surface area contributed by atoms with Crippen LogP contribution >= 0.6 is 0 Å². The van der Waals surface area contributed by atoms with Gasteiger partial charge in [0.15, 0.2) is 0 Å². The monoisotopic (exact) mass is 341 g/mol. The standard InChI is InChI=1S/C18H19N3O4/c1-3-9-20-17(23)15-11-13(8-10-19-15)16(22)21-14-6-4-12(5-7-14)18(24)25-2/h4-8,10-11H,3,9H2,1-2H3,(H,20,23)(H,21,22). The molecule has 130 valence electrons. The van der Waals surface area contributed by atoms with Crippen molar-refractivity contribution in [3.63, 3.8) is 0 Å². The molecule has 1 heterocycles. The van der Waals surface area contributed by atoms with E-state index in [0.29, 0.717) is 23.4 Å². The molecule has 0 radical (unpaired) electrons. The molecule has 2 N–H and O–H groups in total. The molecule has 0 atom stereocenters. The highest BCUT2D eigenvalue weighted by atomic mass is 16.5. The summed E-state index contributed by atoms with van der Waals surface area (Å²) in [6.45, 7) is 2.49. The molecule has 25 heavy (non-hydrogen) atoms. The molecule has 1 aromatic carbocycles. The molecule has 0 saturated carbocycles. The average Bonchev–Trinajstić information content (AvgIpc) is 2.66. The third-order valence-corrected chi connectivity index (χ3v) is 3.35. The van der Waals surface area contributed by atoms with Crippen LogP contribution in [-0.4, -0.2) is 36.4 Å². The van der Waals surface area contributed by atoms with Gasteiger partial charge in [0.2, 0.25) is 0 Å². The summed E-state index contributed by atoms with van der Waals surface area (Å²) in [5, 5.41) is 5.41. The highest BCUT2D eigenvalue weighted by Crippen LogP contribution is 2.12. The van der Waals surface area contributed by atoms with Gasteiger partial charge in [-0.05, 0) is 42.8 Å². The van der Waals surface area contributed by atoms with Gasteiger partial charge < -0.3 is 15.4 Å². The van der Waals surface area contributed by atoms with E-state index in [2.05, 4.69) is 20.4 Å². The number of amides is 2. The van der Waals surface area contributed by atoms with Gasteiger partial charge in [0.05, 0.1) is 12.7 Å². The van der Waals surface area contributed by atoms with Gasteiger partial charge in [0, 0.05) is 24.0 Å². The molecule has 2 amide bonds. The number of nitrogens with one attached hydrogen (secondary N) is 2. The Morgan fingerprint density at radius 3 is 2.40 bits per heavy atom. The van der Waals surface area contributed by atoms with E-state index < -0.39 is 5.97 Å². The van der Waals surface area contributed by atoms with Gasteiger partial charge in [-0.2, -0.15) is 0 Å². The van der Waals surface area contributed by atoms with E-state index in [0.717, 1.165) is 6.42 Å². The zero-order valence-corrected chi connectivity index (χ0v) is 14.0. The van der Waals surface area contributed by atoms with Crippen LogP contribution in [0.5, 0.6) is 0 Å². The van der Waals surface area contributed by atoms with E-state index in [9.17, 15) is 14.4 Å². The molecular weight excluding hydrogens is 322 g/mol. The normalized spacial score (nSPS) is 10.0. The zero-order chi connectivity index (χ0) is 18.2. The van der Waals surface area contributed by atoms with E-state index in [1.165, 1.54) is 25.4 Å². The number of hydrogen-bond acceptors (Lipinski definition) is 5. The average molecular weight is 341 g/mol. The SMILES string of the molecule is CCCNC(=O)c1cc(C(=O)Nc2ccc(C(=O)OC)cc2)ccn1. The molecule has 2 aromatic rings. The molecule has 0 saturated heterocycles. The van der Waals surface area contributed by atoms with Crippen LogP contribution in [0.15, 0.2) is 42.6 Å². The van der Waals surface area contributed by atoms with Crippen molar-refractivity contribution in [3.05, 3.63) is 59.4 Å². The molecule has 0 spiro atoms. The lowest BCUT2D eigenvalue weighted by atomic mass is 10.2. The maximum Gasteiger partial charge on any atom is 0.337 e. The summed E-state index contributed by atoms with van der Waals surface area (Å²) in [6, 6.07) is 9.26. The fourth-order valence-electron chi connectivity index (χ4n) is 2.04. The van der Waals surface area contributed by atoms with Gasteiger partial charge in [-0.1, -0.05) is 6.92 Å². The molecule has 0 bridgehead atoms. The highest BCUT2D eigenvalue weighted by Gasteiger charge is 2.12. The number of pyridine rings is 1. The molecule has 0 aliphatic rings. The van der Waals surface area contributed by atoms with Gasteiger partial charge in [-0.3, -0.25) is 14.6 Å². The van der Waals surface area contributed by atoms with Crippen molar-refractivity contribution < 1.29 is 19.1 Å². The number of nitrogens with zero attached hydrogens (tertiary/aromatic N) is 1.